The quantitative estimate of drug-likeness (QED) is 0.343. The predicted molar refractivity (Wildman–Crippen MR) is 57.4 cm³/mol. The summed E-state index contributed by atoms with van der Waals surface area (Å²) in [4.78, 5) is 3.78. The molecule has 0 unspecified atom stereocenters. The molecule has 1 aromatic carbocycles. The predicted octanol–water partition coefficient (Wildman–Crippen LogP) is 2.09. The zero-order valence-electron chi connectivity index (χ0n) is 8.16. The minimum atomic E-state index is -1.10. The number of rotatable bonds is 1. The lowest BCUT2D eigenvalue weighted by molar-refractivity contribution is 0.396. The lowest BCUT2D eigenvalue weighted by Crippen LogP contribution is -2.12. The first kappa shape index (κ1) is 12.3. The highest BCUT2D eigenvalue weighted by Gasteiger charge is 2.09. The zero-order valence-corrected chi connectivity index (χ0v) is 8.98. The van der Waals surface area contributed by atoms with Gasteiger partial charge in [-0.1, -0.05) is 11.8 Å². The summed E-state index contributed by atoms with van der Waals surface area (Å²) in [6.45, 7) is 0. The number of amidine groups is 1. The maximum Gasteiger partial charge on any atom is 0.187 e. The van der Waals surface area contributed by atoms with Gasteiger partial charge in [0.2, 0.25) is 0 Å². The van der Waals surface area contributed by atoms with Gasteiger partial charge in [0.05, 0.1) is 5.69 Å². The second-order valence-electron chi connectivity index (χ2n) is 2.62. The van der Waals surface area contributed by atoms with E-state index < -0.39 is 17.4 Å². The van der Waals surface area contributed by atoms with Crippen LogP contribution in [0.3, 0.4) is 0 Å². The maximum atomic E-state index is 12.9. The Morgan fingerprint density at radius 2 is 2.06 bits per heavy atom. The zero-order chi connectivity index (χ0) is 12.1. The Morgan fingerprint density at radius 3 is 2.50 bits per heavy atom. The molecule has 16 heavy (non-hydrogen) atoms. The third kappa shape index (κ3) is 2.84. The van der Waals surface area contributed by atoms with Crippen molar-refractivity contribution in [3.63, 3.8) is 0 Å². The molecule has 84 valence electrons. The van der Waals surface area contributed by atoms with Gasteiger partial charge in [-0.05, 0) is 6.26 Å². The van der Waals surface area contributed by atoms with Crippen LogP contribution in [-0.2, 0) is 0 Å². The molecule has 0 aliphatic carbocycles. The number of aromatic hydroxyl groups is 1. The van der Waals surface area contributed by atoms with Crippen LogP contribution in [0.4, 0.5) is 14.5 Å². The van der Waals surface area contributed by atoms with Crippen molar-refractivity contribution in [2.24, 2.45) is 4.99 Å². The van der Waals surface area contributed by atoms with Crippen LogP contribution in [0.2, 0.25) is 0 Å². The van der Waals surface area contributed by atoms with Crippen molar-refractivity contribution in [1.82, 2.24) is 5.32 Å². The SMILES string of the molecule is CSC(=Nc1cc(F)c(O)c(F)c1)NC#N. The van der Waals surface area contributed by atoms with Gasteiger partial charge in [0.25, 0.3) is 0 Å². The molecular formula is C9H7F2N3OS. The van der Waals surface area contributed by atoms with E-state index in [1.54, 1.807) is 12.4 Å². The van der Waals surface area contributed by atoms with Crippen LogP contribution in [0.25, 0.3) is 0 Å². The summed E-state index contributed by atoms with van der Waals surface area (Å²) >= 11 is 1.11. The normalized spacial score (nSPS) is 11.0. The number of hydrogen-bond acceptors (Lipinski definition) is 4. The van der Waals surface area contributed by atoms with Gasteiger partial charge in [0.1, 0.15) is 0 Å². The number of benzene rings is 1. The molecule has 7 heteroatoms. The van der Waals surface area contributed by atoms with E-state index in [0.717, 1.165) is 23.9 Å². The third-order valence-electron chi connectivity index (χ3n) is 1.59. The lowest BCUT2D eigenvalue weighted by Gasteiger charge is -2.02. The number of nitrogens with one attached hydrogen (secondary N) is 1. The van der Waals surface area contributed by atoms with Crippen LogP contribution in [0.5, 0.6) is 5.75 Å². The average Bonchev–Trinajstić information content (AvgIpc) is 2.25. The third-order valence-corrected chi connectivity index (χ3v) is 2.17. The highest BCUT2D eigenvalue weighted by molar-refractivity contribution is 8.13. The van der Waals surface area contributed by atoms with Gasteiger partial charge in [0, 0.05) is 12.1 Å². The molecule has 4 nitrogen and oxygen atoms in total. The van der Waals surface area contributed by atoms with Gasteiger partial charge in [0.15, 0.2) is 28.7 Å². The number of halogens is 2. The van der Waals surface area contributed by atoms with Crippen LogP contribution in [0, 0.1) is 23.1 Å². The van der Waals surface area contributed by atoms with E-state index in [0.29, 0.717) is 0 Å². The van der Waals surface area contributed by atoms with Crippen LogP contribution in [0.15, 0.2) is 17.1 Å². The second kappa shape index (κ2) is 5.32. The second-order valence-corrected chi connectivity index (χ2v) is 3.41. The first-order valence-corrected chi connectivity index (χ1v) is 5.26. The van der Waals surface area contributed by atoms with Crippen molar-refractivity contribution in [3.05, 3.63) is 23.8 Å². The average molecular weight is 243 g/mol. The van der Waals surface area contributed by atoms with Gasteiger partial charge >= 0.3 is 0 Å². The van der Waals surface area contributed by atoms with E-state index in [1.165, 1.54) is 0 Å². The van der Waals surface area contributed by atoms with Gasteiger partial charge in [-0.2, -0.15) is 5.26 Å². The molecule has 0 atom stereocenters. The summed E-state index contributed by atoms with van der Waals surface area (Å²) in [5, 5.41) is 19.7. The van der Waals surface area contributed by atoms with Crippen LogP contribution < -0.4 is 5.32 Å². The van der Waals surface area contributed by atoms with Crippen LogP contribution in [-0.4, -0.2) is 16.5 Å². The Balaban J connectivity index is 3.11. The molecule has 1 rings (SSSR count). The van der Waals surface area contributed by atoms with E-state index in [4.69, 9.17) is 10.4 Å². The number of nitrogens with zero attached hydrogens (tertiary/aromatic N) is 2. The van der Waals surface area contributed by atoms with Crippen molar-refractivity contribution in [3.8, 4) is 11.9 Å². The molecule has 2 N–H and O–H groups in total. The minimum Gasteiger partial charge on any atom is -0.503 e. The van der Waals surface area contributed by atoms with Crippen LogP contribution in [0.1, 0.15) is 0 Å². The summed E-state index contributed by atoms with van der Waals surface area (Å²) < 4.78 is 25.9. The van der Waals surface area contributed by atoms with Gasteiger partial charge < -0.3 is 5.11 Å². The molecule has 0 aromatic heterocycles. The highest BCUT2D eigenvalue weighted by atomic mass is 32.2. The Hall–Kier alpha value is -1.81. The Bertz CT molecular complexity index is 447. The van der Waals surface area contributed by atoms with Crippen molar-refractivity contribution in [2.45, 2.75) is 0 Å². The largest absolute Gasteiger partial charge is 0.503 e. The Morgan fingerprint density at radius 1 is 1.50 bits per heavy atom. The fraction of sp³-hybridized carbons (Fsp3) is 0.111. The minimum absolute atomic E-state index is 0.0279. The fourth-order valence-corrected chi connectivity index (χ4v) is 1.25. The number of phenols is 1. The van der Waals surface area contributed by atoms with Crippen molar-refractivity contribution < 1.29 is 13.9 Å². The summed E-state index contributed by atoms with van der Waals surface area (Å²) in [5.41, 5.74) is -0.0279. The Labute approximate surface area is 94.6 Å². The number of hydrogen-bond donors (Lipinski definition) is 2. The highest BCUT2D eigenvalue weighted by Crippen LogP contribution is 2.26. The topological polar surface area (TPSA) is 68.4 Å². The maximum absolute atomic E-state index is 12.9. The van der Waals surface area contributed by atoms with E-state index in [1.807, 2.05) is 0 Å². The molecule has 0 spiro atoms. The fourth-order valence-electron chi connectivity index (χ4n) is 0.906. The van der Waals surface area contributed by atoms with E-state index in [2.05, 4.69) is 10.3 Å². The van der Waals surface area contributed by atoms with Gasteiger partial charge in [-0.15, -0.1) is 0 Å². The molecule has 0 aliphatic rings. The van der Waals surface area contributed by atoms with Gasteiger partial charge in [-0.25, -0.2) is 13.8 Å². The van der Waals surface area contributed by atoms with E-state index in [9.17, 15) is 8.78 Å². The summed E-state index contributed by atoms with van der Waals surface area (Å²) in [6, 6.07) is 1.74. The van der Waals surface area contributed by atoms with E-state index >= 15 is 0 Å². The molecule has 0 saturated carbocycles. The summed E-state index contributed by atoms with van der Waals surface area (Å²) in [6.07, 6.45) is 3.29. The number of thioether (sulfide) groups is 1. The summed E-state index contributed by atoms with van der Waals surface area (Å²) in [7, 11) is 0. The molecule has 0 amide bonds. The molecule has 0 heterocycles. The number of nitriles is 1. The number of aliphatic imine (C=N–C) groups is 1. The van der Waals surface area contributed by atoms with E-state index in [-0.39, 0.29) is 10.9 Å². The monoisotopic (exact) mass is 243 g/mol. The molecular weight excluding hydrogens is 236 g/mol. The Kier molecular flexibility index (Phi) is 4.08. The van der Waals surface area contributed by atoms with Gasteiger partial charge in [-0.3, -0.25) is 5.32 Å². The lowest BCUT2D eigenvalue weighted by atomic mass is 10.3. The summed E-state index contributed by atoms with van der Waals surface area (Å²) in [5.74, 6) is -3.25. The molecule has 1 aromatic rings. The van der Waals surface area contributed by atoms with Crippen LogP contribution >= 0.6 is 11.8 Å². The van der Waals surface area contributed by atoms with Crippen molar-refractivity contribution in [2.75, 3.05) is 6.26 Å². The standard InChI is InChI=1S/C9H7F2N3OS/c1-16-9(13-4-12)14-5-2-6(10)8(15)7(11)3-5/h2-3,15H,1H3,(H,13,14). The number of phenolic OH excluding ortho intramolecular Hbond substituents is 1. The molecule has 0 radical (unpaired) electrons. The first-order chi connectivity index (χ1) is 7.58. The molecule has 0 bridgehead atoms. The first-order valence-electron chi connectivity index (χ1n) is 4.04. The van der Waals surface area contributed by atoms with Crippen molar-refractivity contribution >= 4 is 22.6 Å². The van der Waals surface area contributed by atoms with Crippen molar-refractivity contribution in [1.29, 1.82) is 5.26 Å². The smallest absolute Gasteiger partial charge is 0.187 e. The molecule has 0 fully saturated rings. The molecule has 0 aliphatic heterocycles. The molecule has 0 saturated heterocycles.